The highest BCUT2D eigenvalue weighted by Gasteiger charge is 2.28. The summed E-state index contributed by atoms with van der Waals surface area (Å²) in [7, 11) is 0. The van der Waals surface area contributed by atoms with Crippen molar-refractivity contribution in [1.82, 2.24) is 14.7 Å². The molecule has 1 aliphatic heterocycles. The molecule has 2 heterocycles. The summed E-state index contributed by atoms with van der Waals surface area (Å²) in [5.74, 6) is 0.187. The van der Waals surface area contributed by atoms with Crippen LogP contribution in [0.3, 0.4) is 0 Å². The minimum atomic E-state index is -0.309. The first kappa shape index (κ1) is 15.8. The van der Waals surface area contributed by atoms with Gasteiger partial charge in [-0.15, -0.1) is 6.58 Å². The zero-order valence-electron chi connectivity index (χ0n) is 13.3. The van der Waals surface area contributed by atoms with E-state index in [-0.39, 0.29) is 5.97 Å². The minimum absolute atomic E-state index is 0.309. The Morgan fingerprint density at radius 2 is 2.29 bits per heavy atom. The Morgan fingerprint density at radius 3 is 2.90 bits per heavy atom. The molecule has 2 rings (SSSR count). The summed E-state index contributed by atoms with van der Waals surface area (Å²) in [6, 6.07) is 0. The van der Waals surface area contributed by atoms with Crippen LogP contribution in [0.4, 0.5) is 0 Å². The molecule has 21 heavy (non-hydrogen) atoms. The molecule has 0 saturated carbocycles. The first-order valence-corrected chi connectivity index (χ1v) is 7.65. The predicted octanol–water partition coefficient (Wildman–Crippen LogP) is 2.26. The predicted molar refractivity (Wildman–Crippen MR) is 82.2 cm³/mol. The topological polar surface area (TPSA) is 47.4 Å². The third-order valence-electron chi connectivity index (χ3n) is 3.61. The molecule has 0 saturated heterocycles. The van der Waals surface area contributed by atoms with E-state index in [0.29, 0.717) is 18.2 Å². The monoisotopic (exact) mass is 291 g/mol. The number of rotatable bonds is 6. The van der Waals surface area contributed by atoms with Crippen LogP contribution < -0.4 is 0 Å². The average Bonchev–Trinajstić information content (AvgIpc) is 2.77. The highest BCUT2D eigenvalue weighted by Crippen LogP contribution is 2.24. The number of carbonyl (C=O) groups excluding carboxylic acids is 1. The van der Waals surface area contributed by atoms with E-state index in [1.54, 1.807) is 0 Å². The molecule has 0 amide bonds. The van der Waals surface area contributed by atoms with Crippen LogP contribution in [0.2, 0.25) is 0 Å². The fraction of sp³-hybridized carbons (Fsp3) is 0.625. The van der Waals surface area contributed by atoms with Gasteiger partial charge < -0.3 is 4.74 Å². The molecule has 5 nitrogen and oxygen atoms in total. The van der Waals surface area contributed by atoms with Crippen molar-refractivity contribution in [2.24, 2.45) is 5.92 Å². The van der Waals surface area contributed by atoms with E-state index in [0.717, 1.165) is 38.2 Å². The maximum atomic E-state index is 12.1. The fourth-order valence-electron chi connectivity index (χ4n) is 2.75. The van der Waals surface area contributed by atoms with E-state index in [1.165, 1.54) is 5.69 Å². The Kier molecular flexibility index (Phi) is 5.17. The summed E-state index contributed by atoms with van der Waals surface area (Å²) in [5, 5.41) is 4.53. The molecule has 0 atom stereocenters. The lowest BCUT2D eigenvalue weighted by molar-refractivity contribution is 0.0515. The lowest BCUT2D eigenvalue weighted by Gasteiger charge is -2.26. The minimum Gasteiger partial charge on any atom is -0.461 e. The molecule has 1 aromatic rings. The van der Waals surface area contributed by atoms with Gasteiger partial charge in [-0.3, -0.25) is 9.58 Å². The van der Waals surface area contributed by atoms with Crippen molar-refractivity contribution in [3.63, 3.8) is 0 Å². The number of hydrogen-bond donors (Lipinski definition) is 0. The van der Waals surface area contributed by atoms with Crippen LogP contribution in [0.15, 0.2) is 12.7 Å². The van der Waals surface area contributed by atoms with Gasteiger partial charge in [-0.25, -0.2) is 4.79 Å². The van der Waals surface area contributed by atoms with E-state index in [1.807, 2.05) is 17.7 Å². The second-order valence-corrected chi connectivity index (χ2v) is 5.84. The molecule has 1 aromatic heterocycles. The van der Waals surface area contributed by atoms with Crippen LogP contribution in [0.25, 0.3) is 0 Å². The van der Waals surface area contributed by atoms with Crippen LogP contribution in [0, 0.1) is 5.92 Å². The van der Waals surface area contributed by atoms with Crippen molar-refractivity contribution in [3.05, 3.63) is 29.6 Å². The van der Waals surface area contributed by atoms with E-state index >= 15 is 0 Å². The number of ether oxygens (including phenoxy) is 1. The van der Waals surface area contributed by atoms with Gasteiger partial charge >= 0.3 is 5.97 Å². The van der Waals surface area contributed by atoms with Gasteiger partial charge in [0.15, 0.2) is 5.69 Å². The van der Waals surface area contributed by atoms with E-state index in [4.69, 9.17) is 4.74 Å². The first-order chi connectivity index (χ1) is 10.1. The van der Waals surface area contributed by atoms with Crippen molar-refractivity contribution in [2.75, 3.05) is 19.7 Å². The first-order valence-electron chi connectivity index (χ1n) is 7.65. The molecule has 0 radical (unpaired) electrons. The van der Waals surface area contributed by atoms with Gasteiger partial charge in [0, 0.05) is 43.9 Å². The number of nitrogens with zero attached hydrogens (tertiary/aromatic N) is 3. The Bertz CT molecular complexity index is 520. The SMILES string of the molecule is C=CCN1CCc2c(c(C(=O)OCC)nn2CC(C)C)C1. The summed E-state index contributed by atoms with van der Waals surface area (Å²) in [6.45, 7) is 13.7. The molecule has 5 heteroatoms. The molecule has 0 aromatic carbocycles. The summed E-state index contributed by atoms with van der Waals surface area (Å²) in [5.41, 5.74) is 2.70. The maximum Gasteiger partial charge on any atom is 0.359 e. The molecular weight excluding hydrogens is 266 g/mol. The van der Waals surface area contributed by atoms with Gasteiger partial charge in [0.1, 0.15) is 0 Å². The molecular formula is C16H25N3O2. The number of fused-ring (bicyclic) bond motifs is 1. The normalized spacial score (nSPS) is 15.0. The van der Waals surface area contributed by atoms with Crippen LogP contribution in [0.1, 0.15) is 42.5 Å². The highest BCUT2D eigenvalue weighted by molar-refractivity contribution is 5.89. The van der Waals surface area contributed by atoms with Gasteiger partial charge in [-0.05, 0) is 12.8 Å². The van der Waals surface area contributed by atoms with Crippen molar-refractivity contribution < 1.29 is 9.53 Å². The van der Waals surface area contributed by atoms with Gasteiger partial charge in [-0.2, -0.15) is 5.10 Å². The highest BCUT2D eigenvalue weighted by atomic mass is 16.5. The van der Waals surface area contributed by atoms with Gasteiger partial charge in [0.25, 0.3) is 0 Å². The van der Waals surface area contributed by atoms with Gasteiger partial charge in [0.05, 0.1) is 6.61 Å². The maximum absolute atomic E-state index is 12.1. The lowest BCUT2D eigenvalue weighted by Crippen LogP contribution is -2.32. The summed E-state index contributed by atoms with van der Waals surface area (Å²) in [4.78, 5) is 14.4. The summed E-state index contributed by atoms with van der Waals surface area (Å²) >= 11 is 0. The smallest absolute Gasteiger partial charge is 0.359 e. The summed E-state index contributed by atoms with van der Waals surface area (Å²) in [6.07, 6.45) is 2.82. The Balaban J connectivity index is 2.34. The number of aromatic nitrogens is 2. The molecule has 0 bridgehead atoms. The average molecular weight is 291 g/mol. The largest absolute Gasteiger partial charge is 0.461 e. The quantitative estimate of drug-likeness (QED) is 0.596. The van der Waals surface area contributed by atoms with Crippen molar-refractivity contribution in [2.45, 2.75) is 40.3 Å². The summed E-state index contributed by atoms with van der Waals surface area (Å²) < 4.78 is 7.15. The number of carbonyl (C=O) groups is 1. The van der Waals surface area contributed by atoms with Crippen LogP contribution >= 0.6 is 0 Å². The van der Waals surface area contributed by atoms with E-state index in [9.17, 15) is 4.79 Å². The third kappa shape index (κ3) is 3.53. The second kappa shape index (κ2) is 6.89. The second-order valence-electron chi connectivity index (χ2n) is 5.84. The molecule has 0 fully saturated rings. The van der Waals surface area contributed by atoms with Crippen LogP contribution in [-0.4, -0.2) is 40.3 Å². The third-order valence-corrected chi connectivity index (χ3v) is 3.61. The molecule has 0 aliphatic carbocycles. The van der Waals surface area contributed by atoms with Crippen molar-refractivity contribution >= 4 is 5.97 Å². The standard InChI is InChI=1S/C16H25N3O2/c1-5-8-18-9-7-14-13(11-18)15(16(20)21-6-2)17-19(14)10-12(3)4/h5,12H,1,6-11H2,2-4H3. The molecule has 0 unspecified atom stereocenters. The van der Waals surface area contributed by atoms with E-state index < -0.39 is 0 Å². The lowest BCUT2D eigenvalue weighted by atomic mass is 10.0. The zero-order valence-corrected chi connectivity index (χ0v) is 13.3. The van der Waals surface area contributed by atoms with E-state index in [2.05, 4.69) is 30.4 Å². The zero-order chi connectivity index (χ0) is 15.4. The molecule has 1 aliphatic rings. The Labute approximate surface area is 126 Å². The fourth-order valence-corrected chi connectivity index (χ4v) is 2.75. The molecule has 0 N–H and O–H groups in total. The number of hydrogen-bond acceptors (Lipinski definition) is 4. The Morgan fingerprint density at radius 1 is 1.52 bits per heavy atom. The van der Waals surface area contributed by atoms with Gasteiger partial charge in [-0.1, -0.05) is 19.9 Å². The molecule has 0 spiro atoms. The van der Waals surface area contributed by atoms with Gasteiger partial charge in [0.2, 0.25) is 0 Å². The Hall–Kier alpha value is -1.62. The van der Waals surface area contributed by atoms with Crippen LogP contribution in [-0.2, 0) is 24.2 Å². The van der Waals surface area contributed by atoms with Crippen molar-refractivity contribution in [3.8, 4) is 0 Å². The van der Waals surface area contributed by atoms with Crippen molar-refractivity contribution in [1.29, 1.82) is 0 Å². The molecule has 116 valence electrons. The number of esters is 1. The van der Waals surface area contributed by atoms with Crippen LogP contribution in [0.5, 0.6) is 0 Å².